The molecule has 1 aliphatic carbocycles. The maximum atomic E-state index is 3.34. The average molecular weight is 167 g/mol. The number of hydrogen-bond acceptors (Lipinski definition) is 2. The highest BCUT2D eigenvalue weighted by Gasteiger charge is 2.17. The first kappa shape index (κ1) is 7.32. The van der Waals surface area contributed by atoms with Gasteiger partial charge in [-0.25, -0.2) is 0 Å². The maximum absolute atomic E-state index is 3.34. The minimum Gasteiger partial charge on any atom is -0.317 e. The summed E-state index contributed by atoms with van der Waals surface area (Å²) in [7, 11) is 2.06. The molecule has 0 fully saturated rings. The lowest BCUT2D eigenvalue weighted by atomic mass is 9.95. The predicted molar refractivity (Wildman–Crippen MR) is 49.2 cm³/mol. The number of thiophene rings is 1. The van der Waals surface area contributed by atoms with Gasteiger partial charge >= 0.3 is 0 Å². The Kier molecular flexibility index (Phi) is 1.96. The second-order valence-electron chi connectivity index (χ2n) is 3.10. The molecule has 2 heteroatoms. The molecule has 0 bridgehead atoms. The lowest BCUT2D eigenvalue weighted by Crippen LogP contribution is -2.30. The second-order valence-corrected chi connectivity index (χ2v) is 4.10. The average Bonchev–Trinajstić information content (AvgIpc) is 2.50. The summed E-state index contributed by atoms with van der Waals surface area (Å²) in [6.07, 6.45) is 3.81. The number of fused-ring (bicyclic) bond motifs is 1. The predicted octanol–water partition coefficient (Wildman–Crippen LogP) is 1.82. The highest BCUT2D eigenvalue weighted by molar-refractivity contribution is 7.10. The van der Waals surface area contributed by atoms with Crippen LogP contribution >= 0.6 is 11.3 Å². The number of likely N-dealkylation sites (N-methyl/N-ethyl adjacent to an activating group) is 1. The molecule has 0 aromatic carbocycles. The zero-order chi connectivity index (χ0) is 7.68. The fraction of sp³-hybridized carbons (Fsp3) is 0.556. The molecule has 1 aliphatic rings. The number of nitrogens with one attached hydrogen (secondary N) is 1. The molecule has 1 atom stereocenters. The summed E-state index contributed by atoms with van der Waals surface area (Å²) >= 11 is 1.90. The second kappa shape index (κ2) is 2.95. The highest BCUT2D eigenvalue weighted by atomic mass is 32.1. The van der Waals surface area contributed by atoms with E-state index in [-0.39, 0.29) is 0 Å². The lowest BCUT2D eigenvalue weighted by molar-refractivity contribution is 0.501. The molecule has 0 aliphatic heterocycles. The summed E-state index contributed by atoms with van der Waals surface area (Å²) in [6, 6.07) is 2.99. The summed E-state index contributed by atoms with van der Waals surface area (Å²) in [5, 5.41) is 5.55. The lowest BCUT2D eigenvalue weighted by Gasteiger charge is -2.20. The third-order valence-corrected chi connectivity index (χ3v) is 3.43. The van der Waals surface area contributed by atoms with Crippen LogP contribution in [-0.4, -0.2) is 13.1 Å². The van der Waals surface area contributed by atoms with Crippen LogP contribution in [0.3, 0.4) is 0 Å². The van der Waals surface area contributed by atoms with Gasteiger partial charge in [0, 0.05) is 10.9 Å². The minimum atomic E-state index is 0.723. The molecule has 1 heterocycles. The van der Waals surface area contributed by atoms with Crippen molar-refractivity contribution in [1.82, 2.24) is 5.32 Å². The molecule has 0 radical (unpaired) electrons. The van der Waals surface area contributed by atoms with E-state index in [1.807, 2.05) is 11.3 Å². The Labute approximate surface area is 71.4 Å². The van der Waals surface area contributed by atoms with Gasteiger partial charge in [0.15, 0.2) is 0 Å². The van der Waals surface area contributed by atoms with Crippen LogP contribution < -0.4 is 5.32 Å². The van der Waals surface area contributed by atoms with Crippen LogP contribution in [-0.2, 0) is 12.8 Å². The van der Waals surface area contributed by atoms with Gasteiger partial charge in [-0.2, -0.15) is 0 Å². The normalized spacial score (nSPS) is 23.2. The molecule has 1 N–H and O–H groups in total. The smallest absolute Gasteiger partial charge is 0.0116 e. The SMILES string of the molecule is CNC1CCc2ccsc2C1. The van der Waals surface area contributed by atoms with Gasteiger partial charge in [0.2, 0.25) is 0 Å². The topological polar surface area (TPSA) is 12.0 Å². The third kappa shape index (κ3) is 1.33. The van der Waals surface area contributed by atoms with E-state index in [1.54, 1.807) is 10.4 Å². The molecule has 60 valence electrons. The molecule has 1 nitrogen and oxygen atoms in total. The molecule has 1 aromatic rings. The summed E-state index contributed by atoms with van der Waals surface area (Å²) < 4.78 is 0. The van der Waals surface area contributed by atoms with Crippen molar-refractivity contribution in [3.8, 4) is 0 Å². The van der Waals surface area contributed by atoms with E-state index in [9.17, 15) is 0 Å². The monoisotopic (exact) mass is 167 g/mol. The maximum Gasteiger partial charge on any atom is 0.0116 e. The van der Waals surface area contributed by atoms with E-state index < -0.39 is 0 Å². The van der Waals surface area contributed by atoms with Crippen LogP contribution in [0.5, 0.6) is 0 Å². The first-order chi connectivity index (χ1) is 5.40. The summed E-state index contributed by atoms with van der Waals surface area (Å²) in [4.78, 5) is 1.59. The van der Waals surface area contributed by atoms with Crippen molar-refractivity contribution < 1.29 is 0 Å². The van der Waals surface area contributed by atoms with E-state index in [0.29, 0.717) is 0 Å². The van der Waals surface area contributed by atoms with Crippen molar-refractivity contribution in [1.29, 1.82) is 0 Å². The molecular formula is C9H13NS. The Balaban J connectivity index is 2.18. The Morgan fingerprint density at radius 2 is 2.55 bits per heavy atom. The number of rotatable bonds is 1. The van der Waals surface area contributed by atoms with E-state index in [4.69, 9.17) is 0 Å². The standard InChI is InChI=1S/C9H13NS/c1-10-8-3-2-7-4-5-11-9(7)6-8/h4-5,8,10H,2-3,6H2,1H3. The van der Waals surface area contributed by atoms with Crippen molar-refractivity contribution in [2.24, 2.45) is 0 Å². The van der Waals surface area contributed by atoms with Gasteiger partial charge in [-0.3, -0.25) is 0 Å². The molecule has 0 spiro atoms. The molecule has 0 saturated carbocycles. The van der Waals surface area contributed by atoms with Gasteiger partial charge in [0.05, 0.1) is 0 Å². The molecule has 0 saturated heterocycles. The zero-order valence-corrected chi connectivity index (χ0v) is 7.58. The molecule has 1 unspecified atom stereocenters. The Hall–Kier alpha value is -0.340. The van der Waals surface area contributed by atoms with Crippen molar-refractivity contribution in [2.45, 2.75) is 25.3 Å². The molecule has 2 rings (SSSR count). The van der Waals surface area contributed by atoms with Crippen LogP contribution in [0.2, 0.25) is 0 Å². The summed E-state index contributed by atoms with van der Waals surface area (Å²) in [5.41, 5.74) is 1.58. The van der Waals surface area contributed by atoms with E-state index in [1.165, 1.54) is 19.3 Å². The van der Waals surface area contributed by atoms with Crippen LogP contribution in [0, 0.1) is 0 Å². The summed E-state index contributed by atoms with van der Waals surface area (Å²) in [6.45, 7) is 0. The fourth-order valence-corrected chi connectivity index (χ4v) is 2.69. The number of aryl methyl sites for hydroxylation is 1. The van der Waals surface area contributed by atoms with Gasteiger partial charge in [-0.1, -0.05) is 0 Å². The van der Waals surface area contributed by atoms with Gasteiger partial charge < -0.3 is 5.32 Å². The first-order valence-electron chi connectivity index (χ1n) is 4.12. The van der Waals surface area contributed by atoms with Crippen molar-refractivity contribution in [3.63, 3.8) is 0 Å². The van der Waals surface area contributed by atoms with Gasteiger partial charge in [0.1, 0.15) is 0 Å². The minimum absolute atomic E-state index is 0.723. The number of hydrogen-bond donors (Lipinski definition) is 1. The largest absolute Gasteiger partial charge is 0.317 e. The molecule has 1 aromatic heterocycles. The molecule has 11 heavy (non-hydrogen) atoms. The fourth-order valence-electron chi connectivity index (χ4n) is 1.67. The van der Waals surface area contributed by atoms with Crippen LogP contribution in [0.4, 0.5) is 0 Å². The van der Waals surface area contributed by atoms with Crippen LogP contribution in [0.25, 0.3) is 0 Å². The molecular weight excluding hydrogens is 154 g/mol. The van der Waals surface area contributed by atoms with E-state index in [2.05, 4.69) is 23.8 Å². The van der Waals surface area contributed by atoms with Crippen LogP contribution in [0.15, 0.2) is 11.4 Å². The van der Waals surface area contributed by atoms with E-state index in [0.717, 1.165) is 6.04 Å². The van der Waals surface area contributed by atoms with Crippen LogP contribution in [0.1, 0.15) is 16.9 Å². The first-order valence-corrected chi connectivity index (χ1v) is 5.00. The van der Waals surface area contributed by atoms with E-state index >= 15 is 0 Å². The van der Waals surface area contributed by atoms with Gasteiger partial charge in [-0.05, 0) is 43.3 Å². The molecule has 0 amide bonds. The van der Waals surface area contributed by atoms with Gasteiger partial charge in [-0.15, -0.1) is 11.3 Å². The summed E-state index contributed by atoms with van der Waals surface area (Å²) in [5.74, 6) is 0. The quantitative estimate of drug-likeness (QED) is 0.673. The Morgan fingerprint density at radius 1 is 1.64 bits per heavy atom. The van der Waals surface area contributed by atoms with Crippen molar-refractivity contribution in [2.75, 3.05) is 7.05 Å². The zero-order valence-electron chi connectivity index (χ0n) is 6.76. The Bertz CT molecular complexity index is 241. The van der Waals surface area contributed by atoms with Gasteiger partial charge in [0.25, 0.3) is 0 Å². The Morgan fingerprint density at radius 3 is 3.36 bits per heavy atom. The van der Waals surface area contributed by atoms with Crippen molar-refractivity contribution in [3.05, 3.63) is 21.9 Å². The third-order valence-electron chi connectivity index (χ3n) is 2.44. The van der Waals surface area contributed by atoms with Crippen molar-refractivity contribution >= 4 is 11.3 Å². The highest BCUT2D eigenvalue weighted by Crippen LogP contribution is 2.25.